The highest BCUT2D eigenvalue weighted by molar-refractivity contribution is 6.89. The number of carbonyl (C=O) groups excluding carboxylic acids is 2. The zero-order valence-corrected chi connectivity index (χ0v) is 15.6. The van der Waals surface area contributed by atoms with E-state index < -0.39 is 8.07 Å². The standard InChI is InChI=1S/C17H26N2O2Si/c1-18(2)16(20)14(13-11-9-8-10-12-13)15(22(5,6)7)17(21)19(3)4/h8-12H,1-7H3/b15-14+. The van der Waals surface area contributed by atoms with Gasteiger partial charge in [0.15, 0.2) is 0 Å². The van der Waals surface area contributed by atoms with E-state index in [9.17, 15) is 9.59 Å². The van der Waals surface area contributed by atoms with Crippen LogP contribution in [0.2, 0.25) is 19.6 Å². The molecule has 0 fully saturated rings. The summed E-state index contributed by atoms with van der Waals surface area (Å²) in [5.41, 5.74) is 1.33. The first kappa shape index (κ1) is 18.2. The summed E-state index contributed by atoms with van der Waals surface area (Å²) in [6.45, 7) is 6.28. The lowest BCUT2D eigenvalue weighted by atomic mass is 10.0. The summed E-state index contributed by atoms with van der Waals surface area (Å²) < 4.78 is 0. The number of amides is 2. The van der Waals surface area contributed by atoms with Crippen LogP contribution in [0, 0.1) is 0 Å². The maximum atomic E-state index is 12.8. The maximum Gasteiger partial charge on any atom is 0.254 e. The van der Waals surface area contributed by atoms with Crippen LogP contribution in [0.4, 0.5) is 0 Å². The van der Waals surface area contributed by atoms with Gasteiger partial charge in [-0.3, -0.25) is 9.59 Å². The Morgan fingerprint density at radius 1 is 0.818 bits per heavy atom. The summed E-state index contributed by atoms with van der Waals surface area (Å²) in [7, 11) is 4.86. The number of rotatable bonds is 4. The van der Waals surface area contributed by atoms with Gasteiger partial charge < -0.3 is 9.80 Å². The Labute approximate surface area is 134 Å². The Hall–Kier alpha value is -1.88. The van der Waals surface area contributed by atoms with Crippen LogP contribution < -0.4 is 0 Å². The van der Waals surface area contributed by atoms with Crippen LogP contribution in [0.5, 0.6) is 0 Å². The molecule has 1 aromatic carbocycles. The van der Waals surface area contributed by atoms with Gasteiger partial charge in [-0.25, -0.2) is 0 Å². The second-order valence-electron chi connectivity index (χ2n) is 6.77. The van der Waals surface area contributed by atoms with Crippen LogP contribution in [0.3, 0.4) is 0 Å². The first-order valence-electron chi connectivity index (χ1n) is 7.30. The molecule has 0 bridgehead atoms. The molecule has 0 spiro atoms. The number of nitrogens with zero attached hydrogens (tertiary/aromatic N) is 2. The summed E-state index contributed by atoms with van der Waals surface area (Å²) in [6, 6.07) is 9.46. The molecule has 0 aromatic heterocycles. The largest absolute Gasteiger partial charge is 0.345 e. The van der Waals surface area contributed by atoms with Crippen LogP contribution in [0.1, 0.15) is 5.56 Å². The van der Waals surface area contributed by atoms with Crippen LogP contribution in [-0.2, 0) is 9.59 Å². The van der Waals surface area contributed by atoms with Crippen LogP contribution in [0.25, 0.3) is 5.57 Å². The Morgan fingerprint density at radius 2 is 1.27 bits per heavy atom. The average molecular weight is 318 g/mol. The number of likely N-dealkylation sites (N-methyl/N-ethyl adjacent to an activating group) is 2. The van der Waals surface area contributed by atoms with E-state index in [2.05, 4.69) is 19.6 Å². The monoisotopic (exact) mass is 318 g/mol. The van der Waals surface area contributed by atoms with Crippen molar-refractivity contribution in [3.05, 3.63) is 41.1 Å². The van der Waals surface area contributed by atoms with Gasteiger partial charge in [-0.05, 0) is 5.56 Å². The quantitative estimate of drug-likeness (QED) is 0.632. The lowest BCUT2D eigenvalue weighted by Gasteiger charge is -2.27. The lowest BCUT2D eigenvalue weighted by molar-refractivity contribution is -0.125. The Kier molecular flexibility index (Phi) is 5.71. The fraction of sp³-hybridized carbons (Fsp3) is 0.412. The molecule has 1 aromatic rings. The zero-order valence-electron chi connectivity index (χ0n) is 14.6. The van der Waals surface area contributed by atoms with E-state index in [1.54, 1.807) is 33.1 Å². The molecule has 0 aliphatic rings. The molecule has 2 amide bonds. The minimum Gasteiger partial charge on any atom is -0.345 e. The van der Waals surface area contributed by atoms with E-state index in [1.807, 2.05) is 30.3 Å². The summed E-state index contributed by atoms with van der Waals surface area (Å²) in [4.78, 5) is 28.6. The topological polar surface area (TPSA) is 40.6 Å². The molecule has 4 nitrogen and oxygen atoms in total. The molecule has 5 heteroatoms. The normalized spacial score (nSPS) is 12.5. The second-order valence-corrected chi connectivity index (χ2v) is 11.8. The number of carbonyl (C=O) groups is 2. The Balaban J connectivity index is 3.75. The lowest BCUT2D eigenvalue weighted by Crippen LogP contribution is -2.39. The molecule has 0 heterocycles. The summed E-state index contributed by atoms with van der Waals surface area (Å²) in [5.74, 6) is -0.202. The summed E-state index contributed by atoms with van der Waals surface area (Å²) >= 11 is 0. The number of benzene rings is 1. The molecule has 0 N–H and O–H groups in total. The molecule has 0 radical (unpaired) electrons. The van der Waals surface area contributed by atoms with Crippen molar-refractivity contribution >= 4 is 25.5 Å². The molecular formula is C17H26N2O2Si. The molecule has 0 unspecified atom stereocenters. The third-order valence-electron chi connectivity index (χ3n) is 3.30. The summed E-state index contributed by atoms with van der Waals surface area (Å²) in [5, 5.41) is 0.669. The van der Waals surface area contributed by atoms with Gasteiger partial charge in [0.25, 0.3) is 5.91 Å². The minimum atomic E-state index is -2.03. The first-order chi connectivity index (χ1) is 10.1. The van der Waals surface area contributed by atoms with Gasteiger partial charge in [-0.15, -0.1) is 0 Å². The third-order valence-corrected chi connectivity index (χ3v) is 5.27. The van der Waals surface area contributed by atoms with Gasteiger partial charge in [0.2, 0.25) is 5.91 Å². The smallest absolute Gasteiger partial charge is 0.254 e. The van der Waals surface area contributed by atoms with Gasteiger partial charge in [-0.1, -0.05) is 50.0 Å². The van der Waals surface area contributed by atoms with E-state index in [1.165, 1.54) is 4.90 Å². The van der Waals surface area contributed by atoms with E-state index >= 15 is 0 Å². The highest BCUT2D eigenvalue weighted by Gasteiger charge is 2.34. The van der Waals surface area contributed by atoms with Crippen molar-refractivity contribution in [1.82, 2.24) is 9.80 Å². The SMILES string of the molecule is CN(C)C(=O)/C(=C(\C(=O)N(C)C)[Si](C)(C)C)c1ccccc1. The van der Waals surface area contributed by atoms with Gasteiger partial charge >= 0.3 is 0 Å². The van der Waals surface area contributed by atoms with E-state index in [-0.39, 0.29) is 11.8 Å². The van der Waals surface area contributed by atoms with Crippen LogP contribution in [0.15, 0.2) is 35.5 Å². The molecule has 22 heavy (non-hydrogen) atoms. The van der Waals surface area contributed by atoms with E-state index in [0.29, 0.717) is 10.8 Å². The molecule has 0 aliphatic carbocycles. The van der Waals surface area contributed by atoms with Gasteiger partial charge in [0.05, 0.1) is 13.6 Å². The fourth-order valence-corrected chi connectivity index (χ4v) is 4.10. The fourth-order valence-electron chi connectivity index (χ4n) is 2.23. The number of hydrogen-bond acceptors (Lipinski definition) is 2. The Morgan fingerprint density at radius 3 is 1.64 bits per heavy atom. The van der Waals surface area contributed by atoms with Gasteiger partial charge in [0, 0.05) is 33.4 Å². The van der Waals surface area contributed by atoms with Gasteiger partial charge in [-0.2, -0.15) is 0 Å². The molecule has 120 valence electrons. The zero-order chi connectivity index (χ0) is 17.1. The van der Waals surface area contributed by atoms with Crippen LogP contribution >= 0.6 is 0 Å². The molecular weight excluding hydrogens is 292 g/mol. The highest BCUT2D eigenvalue weighted by atomic mass is 28.3. The molecule has 0 atom stereocenters. The predicted octanol–water partition coefficient (Wildman–Crippen LogP) is 2.49. The maximum absolute atomic E-state index is 12.8. The highest BCUT2D eigenvalue weighted by Crippen LogP contribution is 2.28. The minimum absolute atomic E-state index is 0.0757. The first-order valence-corrected chi connectivity index (χ1v) is 10.8. The van der Waals surface area contributed by atoms with Crippen molar-refractivity contribution in [2.45, 2.75) is 19.6 Å². The van der Waals surface area contributed by atoms with E-state index in [0.717, 1.165) is 5.56 Å². The predicted molar refractivity (Wildman–Crippen MR) is 94.1 cm³/mol. The van der Waals surface area contributed by atoms with Crippen molar-refractivity contribution in [3.8, 4) is 0 Å². The van der Waals surface area contributed by atoms with Crippen LogP contribution in [-0.4, -0.2) is 57.9 Å². The van der Waals surface area contributed by atoms with Crippen molar-refractivity contribution in [3.63, 3.8) is 0 Å². The average Bonchev–Trinajstić information content (AvgIpc) is 2.42. The van der Waals surface area contributed by atoms with E-state index in [4.69, 9.17) is 0 Å². The third kappa shape index (κ3) is 4.07. The van der Waals surface area contributed by atoms with Crippen molar-refractivity contribution in [2.75, 3.05) is 28.2 Å². The van der Waals surface area contributed by atoms with Gasteiger partial charge in [0.1, 0.15) is 0 Å². The molecule has 0 aliphatic heterocycles. The molecule has 0 saturated heterocycles. The molecule has 0 saturated carbocycles. The molecule has 1 rings (SSSR count). The van der Waals surface area contributed by atoms with Crippen molar-refractivity contribution in [1.29, 1.82) is 0 Å². The van der Waals surface area contributed by atoms with Crippen molar-refractivity contribution < 1.29 is 9.59 Å². The van der Waals surface area contributed by atoms with Crippen molar-refractivity contribution in [2.24, 2.45) is 0 Å². The second kappa shape index (κ2) is 6.92. The number of hydrogen-bond donors (Lipinski definition) is 0. The Bertz CT molecular complexity index is 584. The summed E-state index contributed by atoms with van der Waals surface area (Å²) in [6.07, 6.45) is 0.